The minimum atomic E-state index is -1.10. The number of carboxylic acid groups (broad SMARTS) is 1. The van der Waals surface area contributed by atoms with E-state index in [1.165, 1.54) is 11.0 Å². The van der Waals surface area contributed by atoms with E-state index in [0.29, 0.717) is 18.4 Å². The molecule has 10 heteroatoms. The Balaban J connectivity index is 1.80. The second-order valence-electron chi connectivity index (χ2n) is 10.3. The highest BCUT2D eigenvalue weighted by molar-refractivity contribution is 5.98. The zero-order chi connectivity index (χ0) is 28.9. The molecule has 0 aliphatic carbocycles. The van der Waals surface area contributed by atoms with Gasteiger partial charge in [-0.15, -0.1) is 0 Å². The molecule has 0 bridgehead atoms. The normalized spacial score (nSPS) is 18.3. The van der Waals surface area contributed by atoms with Crippen molar-refractivity contribution in [3.8, 4) is 0 Å². The number of carbonyl (C=O) groups is 4. The molecule has 2 N–H and O–H groups in total. The Morgan fingerprint density at radius 3 is 2.41 bits per heavy atom. The number of aliphatic carboxylic acids is 1. The molecule has 0 radical (unpaired) electrons. The van der Waals surface area contributed by atoms with Crippen LogP contribution >= 0.6 is 0 Å². The van der Waals surface area contributed by atoms with Crippen molar-refractivity contribution in [2.75, 3.05) is 26.3 Å². The average molecular weight is 541 g/mol. The number of benzene rings is 1. The molecule has 0 aromatic heterocycles. The van der Waals surface area contributed by atoms with Gasteiger partial charge in [-0.25, -0.2) is 4.39 Å². The Bertz CT molecular complexity index is 1180. The van der Waals surface area contributed by atoms with E-state index in [1.54, 1.807) is 30.0 Å². The molecule has 1 spiro atoms. The van der Waals surface area contributed by atoms with Gasteiger partial charge < -0.3 is 25.1 Å². The topological polar surface area (TPSA) is 110 Å². The van der Waals surface area contributed by atoms with Gasteiger partial charge in [-0.2, -0.15) is 0 Å². The molecule has 2 aliphatic heterocycles. The van der Waals surface area contributed by atoms with Gasteiger partial charge in [0.2, 0.25) is 5.91 Å². The minimum Gasteiger partial charge on any atom is -0.480 e. The van der Waals surface area contributed by atoms with E-state index in [-0.39, 0.29) is 43.1 Å². The lowest BCUT2D eigenvalue weighted by Crippen LogP contribution is -2.59. The number of likely N-dealkylation sites (tertiary alicyclic amines) is 1. The first kappa shape index (κ1) is 29.6. The molecule has 2 saturated heterocycles. The van der Waals surface area contributed by atoms with E-state index >= 15 is 0 Å². The fourth-order valence-corrected chi connectivity index (χ4v) is 5.29. The summed E-state index contributed by atoms with van der Waals surface area (Å²) in [5, 5.41) is 12.1. The molecule has 2 heterocycles. The van der Waals surface area contributed by atoms with E-state index in [0.717, 1.165) is 11.8 Å². The number of rotatable bonds is 9. The van der Waals surface area contributed by atoms with Crippen molar-refractivity contribution >= 4 is 23.7 Å². The summed E-state index contributed by atoms with van der Waals surface area (Å²) in [5.74, 6) is -2.95. The lowest BCUT2D eigenvalue weighted by Gasteiger charge is -2.44. The fourth-order valence-electron chi connectivity index (χ4n) is 5.29. The van der Waals surface area contributed by atoms with Gasteiger partial charge in [-0.1, -0.05) is 38.7 Å². The van der Waals surface area contributed by atoms with E-state index in [2.05, 4.69) is 11.9 Å². The number of halogens is 1. The first-order valence-electron chi connectivity index (χ1n) is 13.0. The van der Waals surface area contributed by atoms with E-state index in [4.69, 9.17) is 0 Å². The van der Waals surface area contributed by atoms with Crippen LogP contribution in [0.5, 0.6) is 0 Å². The van der Waals surface area contributed by atoms with Crippen LogP contribution < -0.4 is 5.32 Å². The van der Waals surface area contributed by atoms with Crippen molar-refractivity contribution in [1.29, 1.82) is 0 Å². The molecule has 3 amide bonds. The third-order valence-electron chi connectivity index (χ3n) is 7.28. The predicted octanol–water partition coefficient (Wildman–Crippen LogP) is 3.08. The van der Waals surface area contributed by atoms with Crippen molar-refractivity contribution in [1.82, 2.24) is 20.0 Å². The van der Waals surface area contributed by atoms with Crippen LogP contribution in [-0.4, -0.2) is 81.4 Å². The van der Waals surface area contributed by atoms with Gasteiger partial charge in [0, 0.05) is 24.4 Å². The summed E-state index contributed by atoms with van der Waals surface area (Å²) in [6.45, 7) is 11.1. The minimum absolute atomic E-state index is 0.123. The molecule has 0 saturated carbocycles. The maximum absolute atomic E-state index is 13.9. The number of hydrogen-bond acceptors (Lipinski definition) is 5. The third kappa shape index (κ3) is 6.38. The molecule has 210 valence electrons. The molecule has 3 rings (SSSR count). The summed E-state index contributed by atoms with van der Waals surface area (Å²) in [5.41, 5.74) is 0.504. The maximum atomic E-state index is 13.9. The van der Waals surface area contributed by atoms with Crippen LogP contribution in [0.25, 0.3) is 0 Å². The second-order valence-corrected chi connectivity index (χ2v) is 10.3. The maximum Gasteiger partial charge on any atom is 0.323 e. The van der Waals surface area contributed by atoms with E-state index < -0.39 is 35.8 Å². The highest BCUT2D eigenvalue weighted by Gasteiger charge is 2.54. The first-order chi connectivity index (χ1) is 18.4. The standard InChI is InChI=1S/C29H37FN4O5/c1-6-8-9-23(7-2)34-18-33(17-24(35)36)28(39)29(34)10-12-32(13-11-29)27(38)25(19(3)4)31-26(37)21-14-20(5)15-22(30)16-21/h6-9,14-16,19,25H,1,10-13,17-18H2,2-5H3,(H,31,37)(H,35,36). The van der Waals surface area contributed by atoms with Crippen LogP contribution in [0.1, 0.15) is 49.5 Å². The number of piperidine rings is 1. The highest BCUT2D eigenvalue weighted by Crippen LogP contribution is 2.39. The van der Waals surface area contributed by atoms with Gasteiger partial charge in [-0.05, 0) is 62.4 Å². The highest BCUT2D eigenvalue weighted by atomic mass is 19.1. The van der Waals surface area contributed by atoms with Crippen molar-refractivity contribution in [2.45, 2.75) is 52.1 Å². The van der Waals surface area contributed by atoms with Crippen LogP contribution in [0.4, 0.5) is 4.39 Å². The van der Waals surface area contributed by atoms with Crippen LogP contribution in [0.2, 0.25) is 0 Å². The second kappa shape index (κ2) is 12.3. The quantitative estimate of drug-likeness (QED) is 0.466. The van der Waals surface area contributed by atoms with Gasteiger partial charge in [0.25, 0.3) is 11.8 Å². The van der Waals surface area contributed by atoms with Crippen LogP contribution in [0.3, 0.4) is 0 Å². The molecular weight excluding hydrogens is 503 g/mol. The Kier molecular flexibility index (Phi) is 9.32. The molecule has 1 aromatic carbocycles. The summed E-state index contributed by atoms with van der Waals surface area (Å²) in [7, 11) is 0. The number of aryl methyl sites for hydroxylation is 1. The van der Waals surface area contributed by atoms with Crippen molar-refractivity contribution in [2.24, 2.45) is 5.92 Å². The molecule has 1 aromatic rings. The molecular formula is C29H37FN4O5. The SMILES string of the molecule is C=CC=CC(=CC)N1CN(CC(=O)O)C(=O)C12CCN(C(=O)C(NC(=O)c1cc(C)cc(F)c1)C(C)C)CC2. The largest absolute Gasteiger partial charge is 0.480 e. The first-order valence-corrected chi connectivity index (χ1v) is 13.0. The van der Waals surface area contributed by atoms with E-state index in [9.17, 15) is 28.7 Å². The monoisotopic (exact) mass is 540 g/mol. The molecule has 9 nitrogen and oxygen atoms in total. The summed E-state index contributed by atoms with van der Waals surface area (Å²) in [6, 6.07) is 3.18. The molecule has 2 aliphatic rings. The lowest BCUT2D eigenvalue weighted by molar-refractivity contribution is -0.146. The number of amides is 3. The van der Waals surface area contributed by atoms with Gasteiger partial charge in [-0.3, -0.25) is 19.2 Å². The number of allylic oxidation sites excluding steroid dienone is 4. The zero-order valence-electron chi connectivity index (χ0n) is 22.9. The van der Waals surface area contributed by atoms with Crippen molar-refractivity contribution in [3.63, 3.8) is 0 Å². The molecule has 39 heavy (non-hydrogen) atoms. The smallest absolute Gasteiger partial charge is 0.323 e. The summed E-state index contributed by atoms with van der Waals surface area (Å²) in [4.78, 5) is 56.3. The molecule has 2 fully saturated rings. The van der Waals surface area contributed by atoms with Crippen molar-refractivity contribution in [3.05, 3.63) is 71.7 Å². The Labute approximate surface area is 228 Å². The number of hydrogen-bond donors (Lipinski definition) is 2. The number of carbonyl (C=O) groups excluding carboxylic acids is 3. The Morgan fingerprint density at radius 2 is 1.87 bits per heavy atom. The lowest BCUT2D eigenvalue weighted by atomic mass is 9.84. The van der Waals surface area contributed by atoms with Crippen molar-refractivity contribution < 1.29 is 28.7 Å². The fraction of sp³-hybridized carbons (Fsp3) is 0.448. The van der Waals surface area contributed by atoms with Gasteiger partial charge in [0.05, 0.1) is 6.67 Å². The number of carboxylic acids is 1. The average Bonchev–Trinajstić information content (AvgIpc) is 3.12. The summed E-state index contributed by atoms with van der Waals surface area (Å²) >= 11 is 0. The molecule has 1 atom stereocenters. The predicted molar refractivity (Wildman–Crippen MR) is 145 cm³/mol. The van der Waals surface area contributed by atoms with Crippen LogP contribution in [0, 0.1) is 18.7 Å². The number of nitrogens with one attached hydrogen (secondary N) is 1. The summed E-state index contributed by atoms with van der Waals surface area (Å²) < 4.78 is 13.9. The van der Waals surface area contributed by atoms with Gasteiger partial charge in [0.15, 0.2) is 0 Å². The third-order valence-corrected chi connectivity index (χ3v) is 7.28. The summed E-state index contributed by atoms with van der Waals surface area (Å²) in [6.07, 6.45) is 7.65. The zero-order valence-corrected chi connectivity index (χ0v) is 22.9. The number of nitrogens with zero attached hydrogens (tertiary/aromatic N) is 3. The van der Waals surface area contributed by atoms with E-state index in [1.807, 2.05) is 37.8 Å². The Morgan fingerprint density at radius 1 is 1.21 bits per heavy atom. The Hall–Kier alpha value is -3.95. The van der Waals surface area contributed by atoms with Crippen LogP contribution in [0.15, 0.2) is 54.8 Å². The van der Waals surface area contributed by atoms with Gasteiger partial charge in [0.1, 0.15) is 23.9 Å². The van der Waals surface area contributed by atoms with Crippen LogP contribution in [-0.2, 0) is 14.4 Å². The van der Waals surface area contributed by atoms with Gasteiger partial charge >= 0.3 is 5.97 Å². The molecule has 1 unspecified atom stereocenters.